The lowest BCUT2D eigenvalue weighted by Gasteiger charge is -2.39. The summed E-state index contributed by atoms with van der Waals surface area (Å²) in [5.41, 5.74) is 6.36. The topological polar surface area (TPSA) is 58.8 Å². The average molecular weight is 291 g/mol. The number of rotatable bonds is 4. The number of ether oxygens (including phenoxy) is 1. The van der Waals surface area contributed by atoms with Crippen LogP contribution in [0.5, 0.6) is 5.75 Å². The highest BCUT2D eigenvalue weighted by molar-refractivity contribution is 5.82. The molecular weight excluding hydrogens is 266 g/mol. The fraction of sp³-hybridized carbons (Fsp3) is 0.562. The van der Waals surface area contributed by atoms with E-state index in [1.807, 2.05) is 36.9 Å². The van der Waals surface area contributed by atoms with Crippen molar-refractivity contribution in [3.63, 3.8) is 0 Å². The van der Waals surface area contributed by atoms with Crippen LogP contribution in [0.2, 0.25) is 0 Å². The fourth-order valence-corrected chi connectivity index (χ4v) is 2.49. The van der Waals surface area contributed by atoms with Crippen LogP contribution < -0.4 is 15.4 Å². The first-order valence-electron chi connectivity index (χ1n) is 7.36. The average Bonchev–Trinajstić information content (AvgIpc) is 2.54. The molecule has 1 aromatic carbocycles. The molecule has 0 saturated carbocycles. The zero-order valence-corrected chi connectivity index (χ0v) is 13.1. The minimum Gasteiger partial charge on any atom is -0.497 e. The lowest BCUT2D eigenvalue weighted by atomic mass is 9.91. The van der Waals surface area contributed by atoms with Crippen molar-refractivity contribution < 1.29 is 9.53 Å². The maximum atomic E-state index is 12.4. The number of benzene rings is 1. The van der Waals surface area contributed by atoms with Crippen LogP contribution in [0.4, 0.5) is 5.69 Å². The minimum absolute atomic E-state index is 0.148. The van der Waals surface area contributed by atoms with E-state index in [0.717, 1.165) is 37.6 Å². The largest absolute Gasteiger partial charge is 0.497 e. The van der Waals surface area contributed by atoms with E-state index in [4.69, 9.17) is 10.5 Å². The Labute approximate surface area is 126 Å². The molecule has 1 heterocycles. The van der Waals surface area contributed by atoms with Gasteiger partial charge in [0.05, 0.1) is 12.5 Å². The lowest BCUT2D eigenvalue weighted by Crippen LogP contribution is -2.53. The van der Waals surface area contributed by atoms with E-state index in [0.29, 0.717) is 6.54 Å². The zero-order chi connectivity index (χ0) is 15.5. The number of anilines is 1. The van der Waals surface area contributed by atoms with Gasteiger partial charge < -0.3 is 20.3 Å². The lowest BCUT2D eigenvalue weighted by molar-refractivity contribution is -0.140. The van der Waals surface area contributed by atoms with Crippen LogP contribution in [0.3, 0.4) is 0 Å². The number of nitrogens with zero attached hydrogens (tertiary/aromatic N) is 2. The third-order valence-electron chi connectivity index (χ3n) is 4.07. The Bertz CT molecular complexity index is 494. The Morgan fingerprint density at radius 2 is 1.95 bits per heavy atom. The van der Waals surface area contributed by atoms with Crippen LogP contribution in [0.1, 0.15) is 13.8 Å². The summed E-state index contributed by atoms with van der Waals surface area (Å²) < 4.78 is 5.26. The van der Waals surface area contributed by atoms with Crippen molar-refractivity contribution in [3.05, 3.63) is 24.3 Å². The van der Waals surface area contributed by atoms with Gasteiger partial charge in [0.15, 0.2) is 0 Å². The van der Waals surface area contributed by atoms with Gasteiger partial charge in [-0.25, -0.2) is 0 Å². The first kappa shape index (κ1) is 15.6. The molecule has 0 spiro atoms. The van der Waals surface area contributed by atoms with Gasteiger partial charge in [-0.1, -0.05) is 6.07 Å². The molecule has 5 nitrogen and oxygen atoms in total. The van der Waals surface area contributed by atoms with E-state index in [-0.39, 0.29) is 5.91 Å². The maximum absolute atomic E-state index is 12.4. The second-order valence-electron chi connectivity index (χ2n) is 6.07. The molecule has 5 heteroatoms. The van der Waals surface area contributed by atoms with Gasteiger partial charge in [0.1, 0.15) is 5.75 Å². The molecule has 0 bridgehead atoms. The molecular formula is C16H25N3O2. The van der Waals surface area contributed by atoms with E-state index in [2.05, 4.69) is 11.0 Å². The van der Waals surface area contributed by atoms with E-state index in [1.165, 1.54) is 0 Å². The first-order chi connectivity index (χ1) is 9.97. The van der Waals surface area contributed by atoms with Gasteiger partial charge in [0, 0.05) is 44.5 Å². The van der Waals surface area contributed by atoms with Crippen molar-refractivity contribution in [1.29, 1.82) is 0 Å². The van der Waals surface area contributed by atoms with E-state index < -0.39 is 5.41 Å². The molecule has 1 aromatic rings. The molecule has 0 unspecified atom stereocenters. The third kappa shape index (κ3) is 3.47. The van der Waals surface area contributed by atoms with Crippen molar-refractivity contribution in [3.8, 4) is 5.75 Å². The van der Waals surface area contributed by atoms with Crippen molar-refractivity contribution in [2.24, 2.45) is 11.1 Å². The molecule has 0 aromatic heterocycles. The van der Waals surface area contributed by atoms with E-state index in [1.54, 1.807) is 7.11 Å². The molecule has 21 heavy (non-hydrogen) atoms. The second-order valence-corrected chi connectivity index (χ2v) is 6.07. The summed E-state index contributed by atoms with van der Waals surface area (Å²) in [6, 6.07) is 8.03. The van der Waals surface area contributed by atoms with Crippen molar-refractivity contribution >= 4 is 11.6 Å². The maximum Gasteiger partial charge on any atom is 0.229 e. The van der Waals surface area contributed by atoms with Gasteiger partial charge >= 0.3 is 0 Å². The quantitative estimate of drug-likeness (QED) is 0.909. The van der Waals surface area contributed by atoms with Crippen molar-refractivity contribution in [2.75, 3.05) is 44.7 Å². The normalized spacial score (nSPS) is 16.0. The van der Waals surface area contributed by atoms with E-state index >= 15 is 0 Å². The summed E-state index contributed by atoms with van der Waals surface area (Å²) >= 11 is 0. The Hall–Kier alpha value is -1.75. The molecule has 2 N–H and O–H groups in total. The van der Waals surface area contributed by atoms with E-state index in [9.17, 15) is 4.79 Å². The number of piperazine rings is 1. The molecule has 1 aliphatic heterocycles. The SMILES string of the molecule is COc1cccc(N2CCN(C(=O)C(C)(C)CN)CC2)c1. The Balaban J connectivity index is 1.98. The van der Waals surface area contributed by atoms with Gasteiger partial charge in [-0.3, -0.25) is 4.79 Å². The van der Waals surface area contributed by atoms with Crippen LogP contribution in [0, 0.1) is 5.41 Å². The molecule has 1 aliphatic rings. The van der Waals surface area contributed by atoms with Crippen LogP contribution in [0.15, 0.2) is 24.3 Å². The summed E-state index contributed by atoms with van der Waals surface area (Å²) in [6.45, 7) is 7.33. The van der Waals surface area contributed by atoms with Crippen molar-refractivity contribution in [2.45, 2.75) is 13.8 Å². The Morgan fingerprint density at radius 3 is 2.52 bits per heavy atom. The molecule has 0 aliphatic carbocycles. The second kappa shape index (κ2) is 6.35. The number of carbonyl (C=O) groups excluding carboxylic acids is 1. The van der Waals surface area contributed by atoms with Crippen molar-refractivity contribution in [1.82, 2.24) is 4.90 Å². The monoisotopic (exact) mass is 291 g/mol. The van der Waals surface area contributed by atoms with Crippen LogP contribution in [-0.2, 0) is 4.79 Å². The summed E-state index contributed by atoms with van der Waals surface area (Å²) in [5, 5.41) is 0. The summed E-state index contributed by atoms with van der Waals surface area (Å²) in [7, 11) is 1.67. The number of methoxy groups -OCH3 is 1. The minimum atomic E-state index is -0.474. The molecule has 1 saturated heterocycles. The Morgan fingerprint density at radius 1 is 1.29 bits per heavy atom. The molecule has 116 valence electrons. The summed E-state index contributed by atoms with van der Waals surface area (Å²) in [5.74, 6) is 1.01. The number of nitrogens with two attached hydrogens (primary N) is 1. The highest BCUT2D eigenvalue weighted by Gasteiger charge is 2.32. The predicted octanol–water partition coefficient (Wildman–Crippen LogP) is 1.33. The van der Waals surface area contributed by atoms with Gasteiger partial charge in [-0.15, -0.1) is 0 Å². The third-order valence-corrected chi connectivity index (χ3v) is 4.07. The van der Waals surface area contributed by atoms with Crippen LogP contribution in [0.25, 0.3) is 0 Å². The highest BCUT2D eigenvalue weighted by atomic mass is 16.5. The number of hydrogen-bond donors (Lipinski definition) is 1. The van der Waals surface area contributed by atoms with Gasteiger partial charge in [-0.2, -0.15) is 0 Å². The predicted molar refractivity (Wildman–Crippen MR) is 84.6 cm³/mol. The summed E-state index contributed by atoms with van der Waals surface area (Å²) in [4.78, 5) is 16.6. The fourth-order valence-electron chi connectivity index (χ4n) is 2.49. The molecule has 0 atom stereocenters. The van der Waals surface area contributed by atoms with Crippen LogP contribution >= 0.6 is 0 Å². The van der Waals surface area contributed by atoms with Gasteiger partial charge in [0.25, 0.3) is 0 Å². The van der Waals surface area contributed by atoms with Gasteiger partial charge in [0.2, 0.25) is 5.91 Å². The van der Waals surface area contributed by atoms with Gasteiger partial charge in [-0.05, 0) is 26.0 Å². The number of carbonyl (C=O) groups is 1. The highest BCUT2D eigenvalue weighted by Crippen LogP contribution is 2.23. The smallest absolute Gasteiger partial charge is 0.229 e. The molecule has 2 rings (SSSR count). The number of hydrogen-bond acceptors (Lipinski definition) is 4. The molecule has 1 fully saturated rings. The number of amides is 1. The molecule has 0 radical (unpaired) electrons. The first-order valence-corrected chi connectivity index (χ1v) is 7.36. The Kier molecular flexibility index (Phi) is 4.73. The summed E-state index contributed by atoms with van der Waals surface area (Å²) in [6.07, 6.45) is 0. The zero-order valence-electron chi connectivity index (χ0n) is 13.1. The standard InChI is InChI=1S/C16H25N3O2/c1-16(2,12-17)15(20)19-9-7-18(8-10-19)13-5-4-6-14(11-13)21-3/h4-6,11H,7-10,12,17H2,1-3H3. The molecule has 1 amide bonds. The van der Waals surface area contributed by atoms with Crippen LogP contribution in [-0.4, -0.2) is 50.6 Å².